The summed E-state index contributed by atoms with van der Waals surface area (Å²) in [7, 11) is 0. The number of ketones is 1. The number of phenolic OH excluding ortho intramolecular Hbond substituents is 1. The predicted molar refractivity (Wildman–Crippen MR) is 110 cm³/mol. The molecule has 30 heavy (non-hydrogen) atoms. The molecule has 0 aliphatic carbocycles. The van der Waals surface area contributed by atoms with Crippen LogP contribution in [0.5, 0.6) is 5.75 Å². The van der Waals surface area contributed by atoms with Crippen molar-refractivity contribution in [2.24, 2.45) is 0 Å². The Kier molecular flexibility index (Phi) is 7.21. The molecule has 3 rings (SSSR count). The highest BCUT2D eigenvalue weighted by Crippen LogP contribution is 2.38. The van der Waals surface area contributed by atoms with E-state index in [1.807, 2.05) is 30.3 Å². The number of benzene rings is 2. The van der Waals surface area contributed by atoms with E-state index in [0.717, 1.165) is 5.56 Å². The number of aliphatic hydroxyl groups excluding tert-OH is 2. The van der Waals surface area contributed by atoms with Crippen LogP contribution in [0.2, 0.25) is 0 Å². The number of carbonyl (C=O) groups excluding carboxylic acids is 2. The first-order valence-corrected chi connectivity index (χ1v) is 9.81. The number of hydrogen-bond acceptors (Lipinski definition) is 6. The van der Waals surface area contributed by atoms with Crippen molar-refractivity contribution in [3.63, 3.8) is 0 Å². The van der Waals surface area contributed by atoms with Crippen molar-refractivity contribution in [1.29, 1.82) is 0 Å². The Morgan fingerprint density at radius 2 is 1.70 bits per heavy atom. The van der Waals surface area contributed by atoms with Gasteiger partial charge < -0.3 is 25.0 Å². The van der Waals surface area contributed by atoms with E-state index in [1.165, 1.54) is 17.0 Å². The zero-order valence-corrected chi connectivity index (χ0v) is 16.5. The average molecular weight is 411 g/mol. The molecule has 0 aromatic heterocycles. The van der Waals surface area contributed by atoms with Gasteiger partial charge in [0.2, 0.25) is 0 Å². The molecule has 2 aromatic rings. The number of amides is 1. The molecule has 0 spiro atoms. The number of ether oxygens (including phenoxy) is 1. The number of Topliss-reactive ketones (excluding diaryl/α,β-unsaturated/α-hetero) is 1. The highest BCUT2D eigenvalue weighted by Gasteiger charge is 2.42. The van der Waals surface area contributed by atoms with Gasteiger partial charge in [-0.15, -0.1) is 0 Å². The first kappa shape index (κ1) is 21.5. The van der Waals surface area contributed by atoms with Crippen molar-refractivity contribution >= 4 is 11.7 Å². The van der Waals surface area contributed by atoms with Crippen molar-refractivity contribution < 1.29 is 29.6 Å². The molecule has 158 valence electrons. The monoisotopic (exact) mass is 411 g/mol. The second-order valence-corrected chi connectivity index (χ2v) is 7.00. The molecule has 1 unspecified atom stereocenters. The van der Waals surface area contributed by atoms with Gasteiger partial charge in [-0.2, -0.15) is 0 Å². The number of aliphatic hydroxyl groups is 2. The Balaban J connectivity index is 1.84. The van der Waals surface area contributed by atoms with Crippen LogP contribution in [-0.2, 0) is 20.7 Å². The third kappa shape index (κ3) is 4.87. The maximum Gasteiger partial charge on any atom is 0.290 e. The zero-order valence-electron chi connectivity index (χ0n) is 16.5. The van der Waals surface area contributed by atoms with Crippen molar-refractivity contribution in [2.45, 2.75) is 18.9 Å². The third-order valence-corrected chi connectivity index (χ3v) is 5.01. The van der Waals surface area contributed by atoms with Crippen LogP contribution in [0, 0.1) is 0 Å². The highest BCUT2D eigenvalue weighted by molar-refractivity contribution is 6.09. The standard InChI is InChI=1S/C23H25NO6/c25-13-15-30-14-12-24-21(17-7-9-18(26)10-8-17)20(22(28)23(24)29)19(27)11-6-16-4-2-1-3-5-16/h1-5,7-10,21,25-26,28H,6,11-15H2. The van der Waals surface area contributed by atoms with Crippen molar-refractivity contribution in [3.05, 3.63) is 77.1 Å². The maximum absolute atomic E-state index is 13.0. The van der Waals surface area contributed by atoms with Crippen LogP contribution in [0.15, 0.2) is 65.9 Å². The van der Waals surface area contributed by atoms with Gasteiger partial charge in [-0.1, -0.05) is 42.5 Å². The Morgan fingerprint density at radius 3 is 2.37 bits per heavy atom. The van der Waals surface area contributed by atoms with Crippen molar-refractivity contribution in [3.8, 4) is 5.75 Å². The molecule has 0 saturated heterocycles. The summed E-state index contributed by atoms with van der Waals surface area (Å²) < 4.78 is 5.26. The van der Waals surface area contributed by atoms with E-state index in [0.29, 0.717) is 12.0 Å². The van der Waals surface area contributed by atoms with E-state index in [1.54, 1.807) is 12.1 Å². The van der Waals surface area contributed by atoms with Crippen LogP contribution in [0.3, 0.4) is 0 Å². The van der Waals surface area contributed by atoms with E-state index < -0.39 is 17.7 Å². The van der Waals surface area contributed by atoms with E-state index in [2.05, 4.69) is 0 Å². The highest BCUT2D eigenvalue weighted by atomic mass is 16.5. The van der Waals surface area contributed by atoms with Gasteiger partial charge in [0.1, 0.15) is 5.75 Å². The van der Waals surface area contributed by atoms with Gasteiger partial charge in [0.25, 0.3) is 5.91 Å². The smallest absolute Gasteiger partial charge is 0.290 e. The molecule has 1 aliphatic rings. The Bertz CT molecular complexity index is 907. The molecule has 2 aromatic carbocycles. The summed E-state index contributed by atoms with van der Waals surface area (Å²) in [5.74, 6) is -1.43. The molecule has 7 heteroatoms. The average Bonchev–Trinajstić information content (AvgIpc) is 3.01. The summed E-state index contributed by atoms with van der Waals surface area (Å²) in [6, 6.07) is 14.9. The molecule has 1 atom stereocenters. The minimum atomic E-state index is -0.765. The maximum atomic E-state index is 13.0. The summed E-state index contributed by atoms with van der Waals surface area (Å²) >= 11 is 0. The van der Waals surface area contributed by atoms with Crippen LogP contribution in [0.1, 0.15) is 23.6 Å². The predicted octanol–water partition coefficient (Wildman–Crippen LogP) is 2.30. The molecule has 1 heterocycles. The lowest BCUT2D eigenvalue weighted by molar-refractivity contribution is -0.130. The fourth-order valence-corrected chi connectivity index (χ4v) is 3.54. The van der Waals surface area contributed by atoms with Crippen LogP contribution in [0.25, 0.3) is 0 Å². The summed E-state index contributed by atoms with van der Waals surface area (Å²) in [5, 5.41) is 29.0. The number of phenols is 1. The van der Waals surface area contributed by atoms with E-state index in [-0.39, 0.29) is 49.9 Å². The zero-order chi connectivity index (χ0) is 21.5. The van der Waals surface area contributed by atoms with E-state index in [9.17, 15) is 19.8 Å². The van der Waals surface area contributed by atoms with Gasteiger partial charge in [0.05, 0.1) is 31.4 Å². The normalized spacial score (nSPS) is 16.4. The molecule has 3 N–H and O–H groups in total. The minimum absolute atomic E-state index is 0.0591. The fraction of sp³-hybridized carbons (Fsp3) is 0.304. The number of carbonyl (C=O) groups is 2. The van der Waals surface area contributed by atoms with Gasteiger partial charge in [0, 0.05) is 13.0 Å². The van der Waals surface area contributed by atoms with Gasteiger partial charge >= 0.3 is 0 Å². The van der Waals surface area contributed by atoms with Gasteiger partial charge in [-0.05, 0) is 29.7 Å². The minimum Gasteiger partial charge on any atom is -0.508 e. The molecule has 0 saturated carbocycles. The molecule has 0 bridgehead atoms. The molecule has 0 fully saturated rings. The summed E-state index contributed by atoms with van der Waals surface area (Å²) in [4.78, 5) is 27.1. The lowest BCUT2D eigenvalue weighted by atomic mass is 9.93. The first-order valence-electron chi connectivity index (χ1n) is 9.81. The summed E-state index contributed by atoms with van der Waals surface area (Å²) in [6.07, 6.45) is 0.646. The van der Waals surface area contributed by atoms with Crippen molar-refractivity contribution in [2.75, 3.05) is 26.4 Å². The summed E-state index contributed by atoms with van der Waals surface area (Å²) in [5.41, 5.74) is 1.66. The van der Waals surface area contributed by atoms with E-state index in [4.69, 9.17) is 9.84 Å². The Hall–Kier alpha value is -3.16. The lowest BCUT2D eigenvalue weighted by Crippen LogP contribution is -2.34. The Morgan fingerprint density at radius 1 is 1.00 bits per heavy atom. The van der Waals surface area contributed by atoms with E-state index >= 15 is 0 Å². The number of nitrogens with zero attached hydrogens (tertiary/aromatic N) is 1. The molecular formula is C23H25NO6. The second kappa shape index (κ2) is 10.0. The molecule has 1 aliphatic heterocycles. The molecular weight excluding hydrogens is 386 g/mol. The van der Waals surface area contributed by atoms with Crippen LogP contribution < -0.4 is 0 Å². The molecule has 0 radical (unpaired) electrons. The molecule has 7 nitrogen and oxygen atoms in total. The first-order chi connectivity index (χ1) is 14.5. The number of hydrogen-bond donors (Lipinski definition) is 3. The van der Waals surface area contributed by atoms with Crippen molar-refractivity contribution in [1.82, 2.24) is 4.90 Å². The quantitative estimate of drug-likeness (QED) is 0.518. The third-order valence-electron chi connectivity index (χ3n) is 5.01. The number of aromatic hydroxyl groups is 1. The van der Waals surface area contributed by atoms with Crippen LogP contribution >= 0.6 is 0 Å². The summed E-state index contributed by atoms with van der Waals surface area (Å²) in [6.45, 7) is 0.291. The van der Waals surface area contributed by atoms with Crippen LogP contribution in [0.4, 0.5) is 0 Å². The topological polar surface area (TPSA) is 107 Å². The molecule has 1 amide bonds. The fourth-order valence-electron chi connectivity index (χ4n) is 3.54. The van der Waals surface area contributed by atoms with Gasteiger partial charge in [-0.3, -0.25) is 9.59 Å². The largest absolute Gasteiger partial charge is 0.508 e. The lowest BCUT2D eigenvalue weighted by Gasteiger charge is -2.26. The van der Waals surface area contributed by atoms with Gasteiger partial charge in [0.15, 0.2) is 11.5 Å². The number of rotatable bonds is 10. The SMILES string of the molecule is O=C(CCc1ccccc1)C1=C(O)C(=O)N(CCOCCO)C1c1ccc(O)cc1. The Labute approximate surface area is 174 Å². The second-order valence-electron chi connectivity index (χ2n) is 7.00. The van der Waals surface area contributed by atoms with Crippen LogP contribution in [-0.4, -0.2) is 58.3 Å². The van der Waals surface area contributed by atoms with Gasteiger partial charge in [-0.25, -0.2) is 0 Å². The number of aryl methyl sites for hydroxylation is 1.